The molecule has 1 saturated heterocycles. The summed E-state index contributed by atoms with van der Waals surface area (Å²) in [6.45, 7) is 0.238. The molecule has 0 spiro atoms. The first kappa shape index (κ1) is 16.3. The minimum atomic E-state index is -4.71. The smallest absolute Gasteiger partial charge is 0.394 e. The number of hydrogen-bond acceptors (Lipinski definition) is 2. The summed E-state index contributed by atoms with van der Waals surface area (Å²) in [6, 6.07) is 3.41. The summed E-state index contributed by atoms with van der Waals surface area (Å²) in [4.78, 5) is 24.1. The Morgan fingerprint density at radius 1 is 1.27 bits per heavy atom. The lowest BCUT2D eigenvalue weighted by Gasteiger charge is -2.19. The lowest BCUT2D eigenvalue weighted by Crippen LogP contribution is -2.34. The zero-order valence-electron chi connectivity index (χ0n) is 11.5. The molecule has 2 rings (SSSR count). The Labute approximate surface area is 123 Å². The average molecular weight is 319 g/mol. The number of carbonyl (C=O) groups is 2. The Kier molecular flexibility index (Phi) is 4.12. The highest BCUT2D eigenvalue weighted by molar-refractivity contribution is 5.96. The van der Waals surface area contributed by atoms with Crippen LogP contribution in [0.25, 0.3) is 0 Å². The van der Waals surface area contributed by atoms with Crippen molar-refractivity contribution in [3.8, 4) is 0 Å². The molecule has 0 aromatic heterocycles. The molecule has 0 unspecified atom stereocenters. The first-order valence-corrected chi connectivity index (χ1v) is 6.46. The fourth-order valence-electron chi connectivity index (χ4n) is 2.55. The molecule has 1 N–H and O–H groups in total. The van der Waals surface area contributed by atoms with E-state index in [2.05, 4.69) is 0 Å². The van der Waals surface area contributed by atoms with Crippen LogP contribution < -0.4 is 0 Å². The van der Waals surface area contributed by atoms with E-state index >= 15 is 0 Å². The summed E-state index contributed by atoms with van der Waals surface area (Å²) in [6.07, 6.45) is -4.71. The molecule has 4 nitrogen and oxygen atoms in total. The van der Waals surface area contributed by atoms with Crippen LogP contribution in [0.15, 0.2) is 18.2 Å². The Hall–Kier alpha value is -2.12. The van der Waals surface area contributed by atoms with Crippen LogP contribution in [-0.2, 0) is 4.79 Å². The number of carbonyl (C=O) groups excluding carboxylic acids is 1. The topological polar surface area (TPSA) is 57.6 Å². The van der Waals surface area contributed by atoms with E-state index in [0.717, 1.165) is 17.0 Å². The molecular formula is C14H13F4NO3. The molecule has 1 heterocycles. The maximum absolute atomic E-state index is 13.2. The van der Waals surface area contributed by atoms with Gasteiger partial charge in [0, 0.05) is 18.7 Å². The van der Waals surface area contributed by atoms with Crippen molar-refractivity contribution in [3.05, 3.63) is 35.1 Å². The number of carboxylic acids is 1. The number of aliphatic carboxylic acids is 1. The molecule has 1 aromatic rings. The molecule has 0 saturated carbocycles. The van der Waals surface area contributed by atoms with Gasteiger partial charge >= 0.3 is 12.1 Å². The van der Waals surface area contributed by atoms with Crippen molar-refractivity contribution < 1.29 is 32.3 Å². The Morgan fingerprint density at radius 3 is 2.41 bits per heavy atom. The second kappa shape index (κ2) is 5.58. The van der Waals surface area contributed by atoms with Crippen LogP contribution in [0.1, 0.15) is 15.9 Å². The number of hydrogen-bond donors (Lipinski definition) is 1. The second-order valence-corrected chi connectivity index (χ2v) is 5.26. The maximum atomic E-state index is 13.2. The molecule has 8 heteroatoms. The summed E-state index contributed by atoms with van der Waals surface area (Å²) in [5.74, 6) is -6.92. The van der Waals surface area contributed by atoms with Gasteiger partial charge in [-0.25, -0.2) is 4.39 Å². The predicted octanol–water partition coefficient (Wildman–Crippen LogP) is 2.47. The van der Waals surface area contributed by atoms with Gasteiger partial charge in [0.15, 0.2) is 0 Å². The van der Waals surface area contributed by atoms with Gasteiger partial charge in [-0.3, -0.25) is 9.59 Å². The summed E-state index contributed by atoms with van der Waals surface area (Å²) >= 11 is 0. The number of nitrogens with zero attached hydrogens (tertiary/aromatic N) is 1. The SMILES string of the molecule is Cc1ccc(F)cc1C(=O)N1C[C@@H](C(F)(F)F)[C@H](C(=O)O)C1. The van der Waals surface area contributed by atoms with Crippen molar-refractivity contribution in [2.75, 3.05) is 13.1 Å². The average Bonchev–Trinajstić information content (AvgIpc) is 2.86. The minimum Gasteiger partial charge on any atom is -0.481 e. The third-order valence-electron chi connectivity index (χ3n) is 3.77. The van der Waals surface area contributed by atoms with E-state index in [-0.39, 0.29) is 5.56 Å². The van der Waals surface area contributed by atoms with Crippen LogP contribution in [0.3, 0.4) is 0 Å². The van der Waals surface area contributed by atoms with Gasteiger partial charge in [0.05, 0.1) is 11.8 Å². The second-order valence-electron chi connectivity index (χ2n) is 5.26. The highest BCUT2D eigenvalue weighted by Gasteiger charge is 2.53. The first-order valence-electron chi connectivity index (χ1n) is 6.46. The number of likely N-dealkylation sites (tertiary alicyclic amines) is 1. The molecule has 2 atom stereocenters. The molecular weight excluding hydrogens is 306 g/mol. The van der Waals surface area contributed by atoms with E-state index in [1.165, 1.54) is 13.0 Å². The van der Waals surface area contributed by atoms with E-state index in [9.17, 15) is 27.2 Å². The highest BCUT2D eigenvalue weighted by Crippen LogP contribution is 2.38. The van der Waals surface area contributed by atoms with Crippen molar-refractivity contribution in [3.63, 3.8) is 0 Å². The van der Waals surface area contributed by atoms with Gasteiger partial charge < -0.3 is 10.0 Å². The number of aryl methyl sites for hydroxylation is 1. The van der Waals surface area contributed by atoms with Gasteiger partial charge in [0.25, 0.3) is 5.91 Å². The van der Waals surface area contributed by atoms with E-state index in [1.54, 1.807) is 0 Å². The monoisotopic (exact) mass is 319 g/mol. The molecule has 120 valence electrons. The van der Waals surface area contributed by atoms with Crippen LogP contribution in [0, 0.1) is 24.6 Å². The van der Waals surface area contributed by atoms with Crippen LogP contribution in [0.2, 0.25) is 0 Å². The highest BCUT2D eigenvalue weighted by atomic mass is 19.4. The van der Waals surface area contributed by atoms with E-state index in [1.807, 2.05) is 0 Å². The number of benzene rings is 1. The maximum Gasteiger partial charge on any atom is 0.394 e. The van der Waals surface area contributed by atoms with Crippen molar-refractivity contribution in [1.82, 2.24) is 4.90 Å². The minimum absolute atomic E-state index is 0.0630. The van der Waals surface area contributed by atoms with Crippen molar-refractivity contribution in [2.45, 2.75) is 13.1 Å². The molecule has 1 aliphatic rings. The van der Waals surface area contributed by atoms with Gasteiger partial charge in [0.2, 0.25) is 0 Å². The zero-order chi connectivity index (χ0) is 16.7. The van der Waals surface area contributed by atoms with Gasteiger partial charge in [-0.2, -0.15) is 13.2 Å². The van der Waals surface area contributed by atoms with Gasteiger partial charge in [-0.1, -0.05) is 6.07 Å². The molecule has 22 heavy (non-hydrogen) atoms. The third-order valence-corrected chi connectivity index (χ3v) is 3.77. The molecule has 1 fully saturated rings. The van der Waals surface area contributed by atoms with Crippen LogP contribution >= 0.6 is 0 Å². The number of carboxylic acid groups (broad SMARTS) is 1. The lowest BCUT2D eigenvalue weighted by atomic mass is 9.96. The zero-order valence-corrected chi connectivity index (χ0v) is 11.5. The Balaban J connectivity index is 2.29. The fraction of sp³-hybridized carbons (Fsp3) is 0.429. The molecule has 0 bridgehead atoms. The normalized spacial score (nSPS) is 22.0. The summed E-state index contributed by atoms with van der Waals surface area (Å²) in [5.41, 5.74) is 0.348. The number of halogens is 4. The largest absolute Gasteiger partial charge is 0.481 e. The van der Waals surface area contributed by atoms with Crippen molar-refractivity contribution >= 4 is 11.9 Å². The van der Waals surface area contributed by atoms with Crippen LogP contribution in [0.5, 0.6) is 0 Å². The third kappa shape index (κ3) is 3.05. The van der Waals surface area contributed by atoms with Crippen LogP contribution in [0.4, 0.5) is 17.6 Å². The fourth-order valence-corrected chi connectivity index (χ4v) is 2.55. The molecule has 0 aliphatic carbocycles. The Bertz CT molecular complexity index is 615. The van der Waals surface area contributed by atoms with Crippen LogP contribution in [-0.4, -0.2) is 41.1 Å². The quantitative estimate of drug-likeness (QED) is 0.852. The van der Waals surface area contributed by atoms with Gasteiger partial charge in [-0.15, -0.1) is 0 Å². The number of amides is 1. The number of rotatable bonds is 2. The lowest BCUT2D eigenvalue weighted by molar-refractivity contribution is -0.187. The molecule has 0 radical (unpaired) electrons. The predicted molar refractivity (Wildman–Crippen MR) is 67.7 cm³/mol. The van der Waals surface area contributed by atoms with Crippen molar-refractivity contribution in [2.24, 2.45) is 11.8 Å². The molecule has 1 amide bonds. The first-order chi connectivity index (χ1) is 10.1. The summed E-state index contributed by atoms with van der Waals surface area (Å²) in [7, 11) is 0. The summed E-state index contributed by atoms with van der Waals surface area (Å²) in [5, 5.41) is 8.92. The van der Waals surface area contributed by atoms with E-state index < -0.39 is 48.8 Å². The summed E-state index contributed by atoms with van der Waals surface area (Å²) < 4.78 is 51.9. The number of alkyl halides is 3. The van der Waals surface area contributed by atoms with Crippen molar-refractivity contribution in [1.29, 1.82) is 0 Å². The van der Waals surface area contributed by atoms with E-state index in [0.29, 0.717) is 5.56 Å². The van der Waals surface area contributed by atoms with E-state index in [4.69, 9.17) is 5.11 Å². The molecule has 1 aromatic carbocycles. The Morgan fingerprint density at radius 2 is 1.91 bits per heavy atom. The standard InChI is InChI=1S/C14H13F4NO3/c1-7-2-3-8(15)4-9(7)12(20)19-5-10(13(21)22)11(6-19)14(16,17)18/h2-4,10-11H,5-6H2,1H3,(H,21,22)/t10-,11-/m1/s1. The van der Waals surface area contributed by atoms with Gasteiger partial charge in [0.1, 0.15) is 5.82 Å². The van der Waals surface area contributed by atoms with Gasteiger partial charge in [-0.05, 0) is 24.6 Å². The molecule has 1 aliphatic heterocycles.